The van der Waals surface area contributed by atoms with Crippen LogP contribution < -0.4 is 0 Å². The number of halogens is 1. The first kappa shape index (κ1) is 20.8. The quantitative estimate of drug-likeness (QED) is 0.578. The standard InChI is InChI=1S/C19H23NO4.ClH/c1-3-20(4-2)10-11-24-19(23)17-13-15(21)12-16(18(17)22)14-8-6-5-7-9-14;/h5-9,12-13,21-22H,3-4,10-11H2,1-2H3;1H. The Bertz CT molecular complexity index is 687. The summed E-state index contributed by atoms with van der Waals surface area (Å²) in [6, 6.07) is 11.7. The lowest BCUT2D eigenvalue weighted by molar-refractivity contribution is 0.0463. The van der Waals surface area contributed by atoms with Gasteiger partial charge in [-0.2, -0.15) is 0 Å². The van der Waals surface area contributed by atoms with Gasteiger partial charge in [0.2, 0.25) is 0 Å². The Hall–Kier alpha value is -2.24. The molecule has 0 saturated carbocycles. The molecule has 0 unspecified atom stereocenters. The maximum absolute atomic E-state index is 12.2. The number of rotatable bonds is 7. The zero-order chi connectivity index (χ0) is 17.5. The molecule has 0 amide bonds. The maximum atomic E-state index is 12.2. The van der Waals surface area contributed by atoms with Gasteiger partial charge in [0.25, 0.3) is 0 Å². The van der Waals surface area contributed by atoms with E-state index in [9.17, 15) is 15.0 Å². The number of carbonyl (C=O) groups is 1. The molecule has 136 valence electrons. The van der Waals surface area contributed by atoms with E-state index in [1.807, 2.05) is 32.0 Å². The Morgan fingerprint density at radius 2 is 1.72 bits per heavy atom. The van der Waals surface area contributed by atoms with Crippen molar-refractivity contribution >= 4 is 18.4 Å². The van der Waals surface area contributed by atoms with E-state index in [0.717, 1.165) is 13.1 Å². The van der Waals surface area contributed by atoms with E-state index < -0.39 is 5.97 Å². The molecule has 6 heteroatoms. The highest BCUT2D eigenvalue weighted by molar-refractivity contribution is 5.96. The lowest BCUT2D eigenvalue weighted by Crippen LogP contribution is -2.27. The van der Waals surface area contributed by atoms with E-state index in [2.05, 4.69) is 4.90 Å². The van der Waals surface area contributed by atoms with Gasteiger partial charge in [-0.1, -0.05) is 44.2 Å². The van der Waals surface area contributed by atoms with Gasteiger partial charge in [0.1, 0.15) is 23.7 Å². The summed E-state index contributed by atoms with van der Waals surface area (Å²) >= 11 is 0. The Balaban J connectivity index is 0.00000312. The van der Waals surface area contributed by atoms with Gasteiger partial charge >= 0.3 is 5.97 Å². The SMILES string of the molecule is CCN(CC)CCOC(=O)c1cc(O)cc(-c2ccccc2)c1O.Cl. The van der Waals surface area contributed by atoms with Crippen LogP contribution in [0.1, 0.15) is 24.2 Å². The molecule has 0 fully saturated rings. The highest BCUT2D eigenvalue weighted by atomic mass is 35.5. The molecule has 0 bridgehead atoms. The van der Waals surface area contributed by atoms with E-state index >= 15 is 0 Å². The van der Waals surface area contributed by atoms with Crippen LogP contribution in [0.4, 0.5) is 0 Å². The monoisotopic (exact) mass is 365 g/mol. The number of nitrogens with zero attached hydrogens (tertiary/aromatic N) is 1. The van der Waals surface area contributed by atoms with Gasteiger partial charge in [-0.25, -0.2) is 4.79 Å². The number of phenols is 2. The normalized spacial score (nSPS) is 10.4. The third kappa shape index (κ3) is 5.37. The summed E-state index contributed by atoms with van der Waals surface area (Å²) < 4.78 is 5.24. The minimum absolute atomic E-state index is 0. The lowest BCUT2D eigenvalue weighted by Gasteiger charge is -2.17. The first-order chi connectivity index (χ1) is 11.6. The second kappa shape index (κ2) is 9.91. The molecular weight excluding hydrogens is 342 g/mol. The molecule has 0 aliphatic carbocycles. The fourth-order valence-corrected chi connectivity index (χ4v) is 2.50. The van der Waals surface area contributed by atoms with Crippen LogP contribution in [0.25, 0.3) is 11.1 Å². The van der Waals surface area contributed by atoms with Crippen LogP contribution in [0, 0.1) is 0 Å². The van der Waals surface area contributed by atoms with Gasteiger partial charge in [-0.3, -0.25) is 0 Å². The van der Waals surface area contributed by atoms with Crippen LogP contribution in [0.2, 0.25) is 0 Å². The lowest BCUT2D eigenvalue weighted by atomic mass is 10.0. The predicted octanol–water partition coefficient (Wildman–Crippen LogP) is 3.69. The second-order valence-electron chi connectivity index (χ2n) is 5.42. The molecular formula is C19H24ClNO4. The number of benzene rings is 2. The molecule has 0 radical (unpaired) electrons. The van der Waals surface area contributed by atoms with Gasteiger partial charge in [0.05, 0.1) is 0 Å². The number of likely N-dealkylation sites (N-methyl/N-ethyl adjacent to an activating group) is 1. The average molecular weight is 366 g/mol. The molecule has 5 nitrogen and oxygen atoms in total. The molecule has 0 aromatic heterocycles. The van der Waals surface area contributed by atoms with Crippen LogP contribution >= 0.6 is 12.4 Å². The number of ether oxygens (including phenoxy) is 1. The van der Waals surface area contributed by atoms with E-state index in [4.69, 9.17) is 4.74 Å². The van der Waals surface area contributed by atoms with Crippen molar-refractivity contribution in [3.8, 4) is 22.6 Å². The van der Waals surface area contributed by atoms with Crippen LogP contribution in [0.5, 0.6) is 11.5 Å². The smallest absolute Gasteiger partial charge is 0.342 e. The summed E-state index contributed by atoms with van der Waals surface area (Å²) in [5, 5.41) is 20.3. The molecule has 0 aliphatic heterocycles. The third-order valence-corrected chi connectivity index (χ3v) is 3.93. The molecule has 2 aromatic rings. The van der Waals surface area contributed by atoms with Gasteiger partial charge in [0.15, 0.2) is 0 Å². The topological polar surface area (TPSA) is 70.0 Å². The highest BCUT2D eigenvalue weighted by Crippen LogP contribution is 2.36. The number of phenolic OH excluding ortho intramolecular Hbond substituents is 2. The minimum Gasteiger partial charge on any atom is -0.508 e. The number of esters is 1. The number of hydrogen-bond acceptors (Lipinski definition) is 5. The van der Waals surface area contributed by atoms with Crippen molar-refractivity contribution < 1.29 is 19.7 Å². The molecule has 2 N–H and O–H groups in total. The molecule has 0 aliphatic rings. The Morgan fingerprint density at radius 3 is 2.32 bits per heavy atom. The van der Waals surface area contributed by atoms with Crippen molar-refractivity contribution in [1.82, 2.24) is 4.90 Å². The summed E-state index contributed by atoms with van der Waals surface area (Å²) in [5.74, 6) is -0.929. The van der Waals surface area contributed by atoms with Crippen molar-refractivity contribution in [3.05, 3.63) is 48.0 Å². The maximum Gasteiger partial charge on any atom is 0.342 e. The summed E-state index contributed by atoms with van der Waals surface area (Å²) in [5.41, 5.74) is 1.07. The highest BCUT2D eigenvalue weighted by Gasteiger charge is 2.19. The number of carbonyl (C=O) groups excluding carboxylic acids is 1. The van der Waals surface area contributed by atoms with Gasteiger partial charge in [-0.15, -0.1) is 12.4 Å². The fourth-order valence-electron chi connectivity index (χ4n) is 2.50. The second-order valence-corrected chi connectivity index (χ2v) is 5.42. The van der Waals surface area contributed by atoms with Crippen LogP contribution in [-0.2, 0) is 4.74 Å². The summed E-state index contributed by atoms with van der Waals surface area (Å²) in [6.07, 6.45) is 0. The van der Waals surface area contributed by atoms with Gasteiger partial charge < -0.3 is 19.8 Å². The molecule has 0 heterocycles. The molecule has 25 heavy (non-hydrogen) atoms. The number of hydrogen-bond donors (Lipinski definition) is 2. The fraction of sp³-hybridized carbons (Fsp3) is 0.316. The van der Waals surface area contributed by atoms with E-state index in [0.29, 0.717) is 17.7 Å². The zero-order valence-corrected chi connectivity index (χ0v) is 15.3. The predicted molar refractivity (Wildman–Crippen MR) is 101 cm³/mol. The van der Waals surface area contributed by atoms with Crippen LogP contribution in [0.3, 0.4) is 0 Å². The van der Waals surface area contributed by atoms with Crippen molar-refractivity contribution in [2.24, 2.45) is 0 Å². The van der Waals surface area contributed by atoms with Crippen LogP contribution in [-0.4, -0.2) is 47.3 Å². The number of aromatic hydroxyl groups is 2. The summed E-state index contributed by atoms with van der Waals surface area (Å²) in [7, 11) is 0. The van der Waals surface area contributed by atoms with Gasteiger partial charge in [-0.05, 0) is 30.8 Å². The third-order valence-electron chi connectivity index (χ3n) is 3.93. The van der Waals surface area contributed by atoms with Crippen LogP contribution in [0.15, 0.2) is 42.5 Å². The largest absolute Gasteiger partial charge is 0.508 e. The first-order valence-electron chi connectivity index (χ1n) is 8.07. The minimum atomic E-state index is -0.646. The molecule has 2 rings (SSSR count). The molecule has 0 spiro atoms. The Labute approximate surface area is 154 Å². The van der Waals surface area contributed by atoms with Crippen molar-refractivity contribution in [3.63, 3.8) is 0 Å². The van der Waals surface area contributed by atoms with Gasteiger partial charge in [0, 0.05) is 12.1 Å². The Morgan fingerprint density at radius 1 is 1.08 bits per heavy atom. The Kier molecular flexibility index (Phi) is 8.25. The molecule has 0 atom stereocenters. The molecule has 2 aromatic carbocycles. The van der Waals surface area contributed by atoms with E-state index in [1.165, 1.54) is 12.1 Å². The average Bonchev–Trinajstić information content (AvgIpc) is 2.61. The van der Waals surface area contributed by atoms with Crippen molar-refractivity contribution in [2.75, 3.05) is 26.2 Å². The summed E-state index contributed by atoms with van der Waals surface area (Å²) in [4.78, 5) is 14.4. The molecule has 0 saturated heterocycles. The van der Waals surface area contributed by atoms with Crippen molar-refractivity contribution in [2.45, 2.75) is 13.8 Å². The summed E-state index contributed by atoms with van der Waals surface area (Å²) in [6.45, 7) is 6.70. The van der Waals surface area contributed by atoms with Crippen molar-refractivity contribution in [1.29, 1.82) is 0 Å². The van der Waals surface area contributed by atoms with E-state index in [1.54, 1.807) is 12.1 Å². The first-order valence-corrected chi connectivity index (χ1v) is 8.07. The zero-order valence-electron chi connectivity index (χ0n) is 14.4. The van der Waals surface area contributed by atoms with E-state index in [-0.39, 0.29) is 36.1 Å².